The Hall–Kier alpha value is -1.51. The number of benzene rings is 1. The first kappa shape index (κ1) is 16.9. The minimum absolute atomic E-state index is 0.173. The molecule has 0 unspecified atom stereocenters. The first-order valence-corrected chi connectivity index (χ1v) is 6.95. The quantitative estimate of drug-likeness (QED) is 0.521. The maximum Gasteiger partial charge on any atom is 0.165 e. The highest BCUT2D eigenvalue weighted by atomic mass is 16.5. The van der Waals surface area contributed by atoms with Crippen molar-refractivity contribution in [3.63, 3.8) is 0 Å². The van der Waals surface area contributed by atoms with Crippen LogP contribution in [0, 0.1) is 0 Å². The van der Waals surface area contributed by atoms with Crippen LogP contribution >= 0.6 is 0 Å². The number of carbonyl (C=O) groups is 1. The molecule has 7 nitrogen and oxygen atoms in total. The SMILES string of the molecule is COc1ccc(C(=O)C[C@H]2O[C@H](CO)[C@@H](O)[C@H](O)[C@H]2O)cc1. The Morgan fingerprint density at radius 2 is 1.68 bits per heavy atom. The molecule has 0 radical (unpaired) electrons. The van der Waals surface area contributed by atoms with Crippen molar-refractivity contribution < 1.29 is 34.7 Å². The Kier molecular flexibility index (Phi) is 5.49. The second kappa shape index (κ2) is 7.17. The first-order valence-electron chi connectivity index (χ1n) is 6.95. The molecular formula is C15H20O7. The fourth-order valence-corrected chi connectivity index (χ4v) is 2.42. The van der Waals surface area contributed by atoms with Gasteiger partial charge in [-0.1, -0.05) is 0 Å². The van der Waals surface area contributed by atoms with E-state index in [1.165, 1.54) is 7.11 Å². The van der Waals surface area contributed by atoms with Gasteiger partial charge in [0.05, 0.1) is 19.8 Å². The van der Waals surface area contributed by atoms with Crippen molar-refractivity contribution in [3.05, 3.63) is 29.8 Å². The van der Waals surface area contributed by atoms with Crippen LogP contribution in [0.25, 0.3) is 0 Å². The van der Waals surface area contributed by atoms with Crippen LogP contribution < -0.4 is 4.74 Å². The van der Waals surface area contributed by atoms with Gasteiger partial charge in [-0.2, -0.15) is 0 Å². The molecular weight excluding hydrogens is 292 g/mol. The summed E-state index contributed by atoms with van der Waals surface area (Å²) in [5, 5.41) is 38.4. The monoisotopic (exact) mass is 312 g/mol. The number of aliphatic hydroxyl groups is 4. The molecule has 2 rings (SSSR count). The minimum Gasteiger partial charge on any atom is -0.497 e. The maximum atomic E-state index is 12.2. The maximum absolute atomic E-state index is 12.2. The summed E-state index contributed by atoms with van der Waals surface area (Å²) in [5.41, 5.74) is 0.415. The molecule has 1 aromatic carbocycles. The van der Waals surface area contributed by atoms with Crippen molar-refractivity contribution in [2.45, 2.75) is 36.9 Å². The first-order chi connectivity index (χ1) is 10.5. The largest absolute Gasteiger partial charge is 0.497 e. The lowest BCUT2D eigenvalue weighted by Gasteiger charge is -2.39. The fourth-order valence-electron chi connectivity index (χ4n) is 2.42. The second-order valence-corrected chi connectivity index (χ2v) is 5.22. The number of aliphatic hydroxyl groups excluding tert-OH is 4. The second-order valence-electron chi connectivity index (χ2n) is 5.22. The van der Waals surface area contributed by atoms with Gasteiger partial charge in [0, 0.05) is 12.0 Å². The lowest BCUT2D eigenvalue weighted by molar-refractivity contribution is -0.227. The van der Waals surface area contributed by atoms with Gasteiger partial charge < -0.3 is 29.9 Å². The van der Waals surface area contributed by atoms with E-state index in [9.17, 15) is 20.1 Å². The van der Waals surface area contributed by atoms with E-state index in [0.717, 1.165) is 0 Å². The van der Waals surface area contributed by atoms with Crippen LogP contribution in [0.2, 0.25) is 0 Å². The van der Waals surface area contributed by atoms with Gasteiger partial charge in [0.25, 0.3) is 0 Å². The molecule has 0 bridgehead atoms. The average Bonchev–Trinajstić information content (AvgIpc) is 2.55. The Morgan fingerprint density at radius 1 is 1.09 bits per heavy atom. The Morgan fingerprint density at radius 3 is 2.23 bits per heavy atom. The summed E-state index contributed by atoms with van der Waals surface area (Å²) in [4.78, 5) is 12.2. The summed E-state index contributed by atoms with van der Waals surface area (Å²) in [5.74, 6) is 0.330. The van der Waals surface area contributed by atoms with Crippen LogP contribution in [-0.4, -0.2) is 70.4 Å². The topological polar surface area (TPSA) is 116 Å². The zero-order chi connectivity index (χ0) is 16.3. The van der Waals surface area contributed by atoms with E-state index < -0.39 is 37.1 Å². The number of ether oxygens (including phenoxy) is 2. The van der Waals surface area contributed by atoms with E-state index >= 15 is 0 Å². The molecule has 1 fully saturated rings. The van der Waals surface area contributed by atoms with Crippen LogP contribution in [0.5, 0.6) is 5.75 Å². The van der Waals surface area contributed by atoms with Crippen molar-refractivity contribution in [1.82, 2.24) is 0 Å². The predicted octanol–water partition coefficient (Wildman–Crippen LogP) is -0.890. The number of methoxy groups -OCH3 is 1. The van der Waals surface area contributed by atoms with E-state index in [0.29, 0.717) is 11.3 Å². The average molecular weight is 312 g/mol. The van der Waals surface area contributed by atoms with Gasteiger partial charge in [0.15, 0.2) is 5.78 Å². The van der Waals surface area contributed by atoms with Gasteiger partial charge in [0.2, 0.25) is 0 Å². The van der Waals surface area contributed by atoms with Crippen molar-refractivity contribution in [3.8, 4) is 5.75 Å². The van der Waals surface area contributed by atoms with E-state index in [2.05, 4.69) is 0 Å². The summed E-state index contributed by atoms with van der Waals surface area (Å²) in [7, 11) is 1.52. The van der Waals surface area contributed by atoms with Gasteiger partial charge in [0.1, 0.15) is 30.2 Å². The third-order valence-corrected chi connectivity index (χ3v) is 3.79. The summed E-state index contributed by atoms with van der Waals surface area (Å²) in [6.07, 6.45) is -6.47. The molecule has 5 atom stereocenters. The molecule has 0 aliphatic carbocycles. The van der Waals surface area contributed by atoms with Crippen LogP contribution in [0.3, 0.4) is 0 Å². The number of Topliss-reactive ketones (excluding diaryl/α,β-unsaturated/α-hetero) is 1. The molecule has 7 heteroatoms. The molecule has 122 valence electrons. The van der Waals surface area contributed by atoms with Gasteiger partial charge in [-0.15, -0.1) is 0 Å². The highest BCUT2D eigenvalue weighted by Gasteiger charge is 2.43. The molecule has 1 aliphatic heterocycles. The molecule has 0 amide bonds. The molecule has 1 aromatic rings. The van der Waals surface area contributed by atoms with E-state index in [4.69, 9.17) is 14.6 Å². The highest BCUT2D eigenvalue weighted by Crippen LogP contribution is 2.24. The Balaban J connectivity index is 2.06. The standard InChI is InChI=1S/C15H20O7/c1-21-9-4-2-8(3-5-9)10(17)6-11-13(18)15(20)14(19)12(7-16)22-11/h2-5,11-16,18-20H,6-7H2,1H3/t11-,12-,13+,14-,15-/m1/s1. The molecule has 4 N–H and O–H groups in total. The molecule has 0 aromatic heterocycles. The normalized spacial score (nSPS) is 31.8. The van der Waals surface area contributed by atoms with Crippen molar-refractivity contribution in [2.75, 3.05) is 13.7 Å². The van der Waals surface area contributed by atoms with E-state index in [-0.39, 0.29) is 12.2 Å². The fraction of sp³-hybridized carbons (Fsp3) is 0.533. The number of rotatable bonds is 5. The van der Waals surface area contributed by atoms with Crippen LogP contribution in [-0.2, 0) is 4.74 Å². The van der Waals surface area contributed by atoms with Crippen LogP contribution in [0.15, 0.2) is 24.3 Å². The zero-order valence-corrected chi connectivity index (χ0v) is 12.1. The summed E-state index contributed by atoms with van der Waals surface area (Å²) >= 11 is 0. The van der Waals surface area contributed by atoms with Crippen molar-refractivity contribution >= 4 is 5.78 Å². The van der Waals surface area contributed by atoms with Crippen molar-refractivity contribution in [1.29, 1.82) is 0 Å². The summed E-state index contributed by atoms with van der Waals surface area (Å²) in [6.45, 7) is -0.516. The van der Waals surface area contributed by atoms with E-state index in [1.807, 2.05) is 0 Å². The number of carbonyl (C=O) groups excluding carboxylic acids is 1. The van der Waals surface area contributed by atoms with Crippen molar-refractivity contribution in [2.24, 2.45) is 0 Å². The zero-order valence-electron chi connectivity index (χ0n) is 12.1. The summed E-state index contributed by atoms with van der Waals surface area (Å²) in [6, 6.07) is 6.46. The molecule has 1 aliphatic rings. The lowest BCUT2D eigenvalue weighted by Crippen LogP contribution is -2.58. The molecule has 1 saturated heterocycles. The minimum atomic E-state index is -1.47. The Labute approximate surface area is 127 Å². The molecule has 22 heavy (non-hydrogen) atoms. The third-order valence-electron chi connectivity index (χ3n) is 3.79. The van der Waals surface area contributed by atoms with Crippen LogP contribution in [0.4, 0.5) is 0 Å². The number of ketones is 1. The predicted molar refractivity (Wildman–Crippen MR) is 75.7 cm³/mol. The van der Waals surface area contributed by atoms with Gasteiger partial charge in [-0.25, -0.2) is 0 Å². The van der Waals surface area contributed by atoms with Gasteiger partial charge in [-0.3, -0.25) is 4.79 Å². The number of hydrogen-bond acceptors (Lipinski definition) is 7. The number of hydrogen-bond donors (Lipinski definition) is 4. The molecule has 0 saturated carbocycles. The third kappa shape index (κ3) is 3.45. The van der Waals surface area contributed by atoms with E-state index in [1.54, 1.807) is 24.3 Å². The van der Waals surface area contributed by atoms with Crippen LogP contribution in [0.1, 0.15) is 16.8 Å². The smallest absolute Gasteiger partial charge is 0.165 e. The van der Waals surface area contributed by atoms with Gasteiger partial charge in [-0.05, 0) is 24.3 Å². The molecule has 0 spiro atoms. The Bertz CT molecular complexity index is 499. The molecule has 1 heterocycles. The lowest BCUT2D eigenvalue weighted by atomic mass is 9.91. The summed E-state index contributed by atoms with van der Waals surface area (Å²) < 4.78 is 10.3. The highest BCUT2D eigenvalue weighted by molar-refractivity contribution is 5.96. The van der Waals surface area contributed by atoms with Gasteiger partial charge >= 0.3 is 0 Å².